The molecule has 4 nitrogen and oxygen atoms in total. The minimum atomic E-state index is 0.344. The number of hydrogen-bond donors (Lipinski definition) is 1. The van der Waals surface area contributed by atoms with Crippen LogP contribution in [0.3, 0.4) is 0 Å². The fraction of sp³-hybridized carbons (Fsp3) is 0.941. The molecule has 0 aromatic carbocycles. The van der Waals surface area contributed by atoms with E-state index in [1.807, 2.05) is 0 Å². The van der Waals surface area contributed by atoms with Gasteiger partial charge in [-0.25, -0.2) is 0 Å². The molecule has 1 amide bonds. The molecule has 2 aliphatic heterocycles. The summed E-state index contributed by atoms with van der Waals surface area (Å²) in [5.41, 5.74) is 0. The molecule has 2 rings (SSSR count). The van der Waals surface area contributed by atoms with E-state index in [4.69, 9.17) is 0 Å². The van der Waals surface area contributed by atoms with Gasteiger partial charge >= 0.3 is 0 Å². The maximum atomic E-state index is 12.6. The average Bonchev–Trinajstić information content (AvgIpc) is 3.03. The number of carbonyl (C=O) groups is 1. The maximum absolute atomic E-state index is 12.6. The Morgan fingerprint density at radius 1 is 1.19 bits per heavy atom. The molecule has 3 atom stereocenters. The lowest BCUT2D eigenvalue weighted by Crippen LogP contribution is -2.44. The molecule has 0 bridgehead atoms. The second kappa shape index (κ2) is 8.14. The number of likely N-dealkylation sites (tertiary alicyclic amines) is 1. The largest absolute Gasteiger partial charge is 0.342 e. The Morgan fingerprint density at radius 3 is 2.43 bits per heavy atom. The smallest absolute Gasteiger partial charge is 0.236 e. The van der Waals surface area contributed by atoms with Gasteiger partial charge in [0.25, 0.3) is 0 Å². The van der Waals surface area contributed by atoms with Crippen LogP contribution in [-0.4, -0.2) is 61.0 Å². The van der Waals surface area contributed by atoms with Gasteiger partial charge in [0.15, 0.2) is 0 Å². The normalized spacial score (nSPS) is 28.8. The average molecular weight is 295 g/mol. The zero-order valence-electron chi connectivity index (χ0n) is 14.1. The maximum Gasteiger partial charge on any atom is 0.236 e. The topological polar surface area (TPSA) is 35.6 Å². The van der Waals surface area contributed by atoms with Crippen LogP contribution in [0.1, 0.15) is 46.5 Å². The third kappa shape index (κ3) is 4.19. The summed E-state index contributed by atoms with van der Waals surface area (Å²) in [7, 11) is 0. The molecule has 4 heteroatoms. The van der Waals surface area contributed by atoms with E-state index >= 15 is 0 Å². The molecule has 122 valence electrons. The van der Waals surface area contributed by atoms with E-state index < -0.39 is 0 Å². The van der Waals surface area contributed by atoms with Crippen LogP contribution in [0.4, 0.5) is 0 Å². The fourth-order valence-electron chi connectivity index (χ4n) is 3.80. The molecule has 2 saturated heterocycles. The summed E-state index contributed by atoms with van der Waals surface area (Å²) in [6, 6.07) is 0.549. The van der Waals surface area contributed by atoms with Crippen LogP contribution in [0.25, 0.3) is 0 Å². The Morgan fingerprint density at radius 2 is 1.86 bits per heavy atom. The Hall–Kier alpha value is -0.610. The van der Waals surface area contributed by atoms with E-state index in [2.05, 4.69) is 35.9 Å². The lowest BCUT2D eigenvalue weighted by Gasteiger charge is -2.28. The van der Waals surface area contributed by atoms with Crippen molar-refractivity contribution in [1.29, 1.82) is 0 Å². The van der Waals surface area contributed by atoms with Crippen molar-refractivity contribution in [1.82, 2.24) is 15.1 Å². The highest BCUT2D eigenvalue weighted by atomic mass is 16.2. The molecule has 2 fully saturated rings. The van der Waals surface area contributed by atoms with E-state index in [9.17, 15) is 4.79 Å². The van der Waals surface area contributed by atoms with Crippen LogP contribution < -0.4 is 5.32 Å². The van der Waals surface area contributed by atoms with Gasteiger partial charge in [-0.15, -0.1) is 0 Å². The SMILES string of the molecule is CCCCN(CCCC)C(=O)CN1CC2CNCC2C1C. The van der Waals surface area contributed by atoms with Crippen LogP contribution in [0.15, 0.2) is 0 Å². The summed E-state index contributed by atoms with van der Waals surface area (Å²) >= 11 is 0. The van der Waals surface area contributed by atoms with Crippen molar-refractivity contribution >= 4 is 5.91 Å². The predicted molar refractivity (Wildman–Crippen MR) is 87.3 cm³/mol. The van der Waals surface area contributed by atoms with Gasteiger partial charge in [-0.1, -0.05) is 26.7 Å². The quantitative estimate of drug-likeness (QED) is 0.743. The van der Waals surface area contributed by atoms with Crippen molar-refractivity contribution in [2.75, 3.05) is 39.3 Å². The standard InChI is InChI=1S/C17H33N3O/c1-4-6-8-19(9-7-5-2)17(21)13-20-12-15-10-18-11-16(15)14(20)3/h14-16,18H,4-13H2,1-3H3. The van der Waals surface area contributed by atoms with E-state index in [1.165, 1.54) is 0 Å². The number of nitrogens with one attached hydrogen (secondary N) is 1. The number of carbonyl (C=O) groups excluding carboxylic acids is 1. The summed E-state index contributed by atoms with van der Waals surface area (Å²) in [5, 5.41) is 3.49. The third-order valence-corrected chi connectivity index (χ3v) is 5.31. The van der Waals surface area contributed by atoms with E-state index in [0.717, 1.165) is 70.2 Å². The van der Waals surface area contributed by atoms with Gasteiger partial charge in [0, 0.05) is 25.7 Å². The monoisotopic (exact) mass is 295 g/mol. The summed E-state index contributed by atoms with van der Waals surface area (Å²) < 4.78 is 0. The van der Waals surface area contributed by atoms with Crippen LogP contribution in [0.2, 0.25) is 0 Å². The molecule has 1 N–H and O–H groups in total. The first kappa shape index (κ1) is 16.8. The second-order valence-corrected chi connectivity index (χ2v) is 6.84. The van der Waals surface area contributed by atoms with Gasteiger partial charge in [0.2, 0.25) is 5.91 Å². The highest BCUT2D eigenvalue weighted by Gasteiger charge is 2.42. The Balaban J connectivity index is 1.85. The molecule has 2 aliphatic rings. The summed E-state index contributed by atoms with van der Waals surface area (Å²) in [6.07, 6.45) is 4.57. The van der Waals surface area contributed by atoms with Gasteiger partial charge in [-0.05, 0) is 44.7 Å². The van der Waals surface area contributed by atoms with Gasteiger partial charge in [0.05, 0.1) is 6.54 Å². The lowest BCUT2D eigenvalue weighted by atomic mass is 9.95. The molecule has 0 radical (unpaired) electrons. The summed E-state index contributed by atoms with van der Waals surface area (Å²) in [5.74, 6) is 1.85. The third-order valence-electron chi connectivity index (χ3n) is 5.31. The second-order valence-electron chi connectivity index (χ2n) is 6.84. The Labute approximate surface area is 130 Å². The number of rotatable bonds is 8. The van der Waals surface area contributed by atoms with E-state index in [-0.39, 0.29) is 0 Å². The summed E-state index contributed by atoms with van der Waals surface area (Å²) in [4.78, 5) is 17.2. The van der Waals surface area contributed by atoms with Crippen molar-refractivity contribution < 1.29 is 4.79 Å². The molecule has 0 aliphatic carbocycles. The lowest BCUT2D eigenvalue weighted by molar-refractivity contribution is -0.132. The Kier molecular flexibility index (Phi) is 6.49. The molecule has 2 heterocycles. The molecule has 0 saturated carbocycles. The van der Waals surface area contributed by atoms with Crippen LogP contribution in [0.5, 0.6) is 0 Å². The first-order valence-electron chi connectivity index (χ1n) is 8.89. The fourth-order valence-corrected chi connectivity index (χ4v) is 3.80. The first-order valence-corrected chi connectivity index (χ1v) is 8.89. The molecule has 0 spiro atoms. The number of fused-ring (bicyclic) bond motifs is 1. The number of hydrogen-bond acceptors (Lipinski definition) is 3. The van der Waals surface area contributed by atoms with Crippen molar-refractivity contribution in [2.45, 2.75) is 52.5 Å². The number of amides is 1. The van der Waals surface area contributed by atoms with Crippen LogP contribution >= 0.6 is 0 Å². The van der Waals surface area contributed by atoms with Crippen LogP contribution in [0, 0.1) is 11.8 Å². The molecule has 3 unspecified atom stereocenters. The van der Waals surface area contributed by atoms with Crippen molar-refractivity contribution in [3.05, 3.63) is 0 Å². The molecule has 0 aromatic rings. The van der Waals surface area contributed by atoms with Gasteiger partial charge in [0.1, 0.15) is 0 Å². The number of nitrogens with zero attached hydrogens (tertiary/aromatic N) is 2. The van der Waals surface area contributed by atoms with Crippen LogP contribution in [-0.2, 0) is 4.79 Å². The molecular weight excluding hydrogens is 262 g/mol. The van der Waals surface area contributed by atoms with Gasteiger partial charge < -0.3 is 10.2 Å². The highest BCUT2D eigenvalue weighted by molar-refractivity contribution is 5.78. The predicted octanol–water partition coefficient (Wildman–Crippen LogP) is 1.95. The van der Waals surface area contributed by atoms with E-state index in [0.29, 0.717) is 18.5 Å². The first-order chi connectivity index (χ1) is 10.2. The minimum absolute atomic E-state index is 0.344. The van der Waals surface area contributed by atoms with Crippen molar-refractivity contribution in [2.24, 2.45) is 11.8 Å². The molecule has 21 heavy (non-hydrogen) atoms. The molecule has 0 aromatic heterocycles. The molecular formula is C17H33N3O. The zero-order chi connectivity index (χ0) is 15.2. The van der Waals surface area contributed by atoms with Gasteiger partial charge in [-0.2, -0.15) is 0 Å². The minimum Gasteiger partial charge on any atom is -0.342 e. The van der Waals surface area contributed by atoms with Crippen molar-refractivity contribution in [3.8, 4) is 0 Å². The van der Waals surface area contributed by atoms with Crippen molar-refractivity contribution in [3.63, 3.8) is 0 Å². The number of unbranched alkanes of at least 4 members (excludes halogenated alkanes) is 2. The van der Waals surface area contributed by atoms with E-state index in [1.54, 1.807) is 0 Å². The zero-order valence-corrected chi connectivity index (χ0v) is 14.1. The highest BCUT2D eigenvalue weighted by Crippen LogP contribution is 2.31. The Bertz CT molecular complexity index is 326. The summed E-state index contributed by atoms with van der Waals surface area (Å²) in [6.45, 7) is 12.5. The van der Waals surface area contributed by atoms with Gasteiger partial charge in [-0.3, -0.25) is 9.69 Å².